The summed E-state index contributed by atoms with van der Waals surface area (Å²) >= 11 is 0. The summed E-state index contributed by atoms with van der Waals surface area (Å²) in [4.78, 5) is 24.3. The van der Waals surface area contributed by atoms with Gasteiger partial charge in [-0.2, -0.15) is 0 Å². The Hall–Kier alpha value is -2.22. The summed E-state index contributed by atoms with van der Waals surface area (Å²) in [7, 11) is 0. The monoisotopic (exact) mass is 325 g/mol. The highest BCUT2D eigenvalue weighted by Crippen LogP contribution is 2.23. The first-order valence-corrected chi connectivity index (χ1v) is 7.47. The number of carbonyl (C=O) groups is 1. The lowest BCUT2D eigenvalue weighted by Gasteiger charge is -2.32. The maximum absolute atomic E-state index is 14.0. The van der Waals surface area contributed by atoms with Crippen molar-refractivity contribution in [2.75, 3.05) is 31.6 Å². The van der Waals surface area contributed by atoms with E-state index in [1.165, 1.54) is 12.1 Å². The van der Waals surface area contributed by atoms with E-state index in [4.69, 9.17) is 4.74 Å². The highest BCUT2D eigenvalue weighted by molar-refractivity contribution is 5.85. The molecular weight excluding hydrogens is 305 g/mol. The molecule has 1 atom stereocenters. The minimum absolute atomic E-state index is 0.0695. The van der Waals surface area contributed by atoms with Gasteiger partial charge in [-0.15, -0.1) is 0 Å². The fraction of sp³-hybridized carbons (Fsp3) is 0.533. The number of nitrogens with zero attached hydrogens (tertiary/aromatic N) is 2. The molecule has 1 aromatic carbocycles. The van der Waals surface area contributed by atoms with Crippen LogP contribution in [0.5, 0.6) is 0 Å². The Morgan fingerprint density at radius 3 is 2.57 bits per heavy atom. The highest BCUT2D eigenvalue weighted by atomic mass is 19.1. The number of rotatable bonds is 5. The molecule has 1 heterocycles. The maximum atomic E-state index is 14.0. The highest BCUT2D eigenvalue weighted by Gasteiger charge is 2.29. The quantitative estimate of drug-likeness (QED) is 0.661. The molecule has 0 radical (unpaired) electrons. The number of nitro groups is 1. The van der Waals surface area contributed by atoms with Crippen molar-refractivity contribution >= 4 is 17.3 Å². The van der Waals surface area contributed by atoms with E-state index in [0.29, 0.717) is 26.3 Å². The first-order chi connectivity index (χ1) is 10.9. The van der Waals surface area contributed by atoms with Gasteiger partial charge in [-0.1, -0.05) is 13.8 Å². The number of carbonyl (C=O) groups excluding carboxylic acids is 1. The summed E-state index contributed by atoms with van der Waals surface area (Å²) in [5, 5.41) is 13.5. The van der Waals surface area contributed by atoms with Crippen molar-refractivity contribution in [2.45, 2.75) is 19.9 Å². The average Bonchev–Trinajstić information content (AvgIpc) is 2.53. The molecule has 8 heteroatoms. The molecule has 0 bridgehead atoms. The number of non-ortho nitro benzene ring substituents is 1. The zero-order chi connectivity index (χ0) is 17.0. The third-order valence-corrected chi connectivity index (χ3v) is 3.73. The van der Waals surface area contributed by atoms with Crippen LogP contribution in [0.2, 0.25) is 0 Å². The molecule has 2 rings (SSSR count). The van der Waals surface area contributed by atoms with Gasteiger partial charge < -0.3 is 15.0 Å². The number of hydrogen-bond acceptors (Lipinski definition) is 5. The van der Waals surface area contributed by atoms with E-state index in [-0.39, 0.29) is 23.2 Å². The molecule has 0 aliphatic carbocycles. The van der Waals surface area contributed by atoms with Crippen LogP contribution in [-0.4, -0.2) is 48.1 Å². The first-order valence-electron chi connectivity index (χ1n) is 7.47. The van der Waals surface area contributed by atoms with Crippen LogP contribution >= 0.6 is 0 Å². The van der Waals surface area contributed by atoms with E-state index in [1.807, 2.05) is 13.8 Å². The number of morpholine rings is 1. The smallest absolute Gasteiger partial charge is 0.272 e. The van der Waals surface area contributed by atoms with E-state index < -0.39 is 16.8 Å². The SMILES string of the molecule is CC(C)C(Nc1ccc([N+](=O)[O-])cc1F)C(=O)N1CCOCC1. The van der Waals surface area contributed by atoms with Crippen LogP contribution in [0.1, 0.15) is 13.8 Å². The topological polar surface area (TPSA) is 84.7 Å². The summed E-state index contributed by atoms with van der Waals surface area (Å²) in [5.41, 5.74) is -0.246. The molecule has 1 amide bonds. The summed E-state index contributed by atoms with van der Waals surface area (Å²) in [6, 6.07) is 2.74. The molecule has 1 unspecified atom stereocenters. The average molecular weight is 325 g/mol. The summed E-state index contributed by atoms with van der Waals surface area (Å²) in [5.74, 6) is -0.944. The predicted molar refractivity (Wildman–Crippen MR) is 82.7 cm³/mol. The lowest BCUT2D eigenvalue weighted by Crippen LogP contribution is -2.49. The molecular formula is C15H20FN3O4. The molecule has 1 aromatic rings. The van der Waals surface area contributed by atoms with Gasteiger partial charge >= 0.3 is 0 Å². The number of hydrogen-bond donors (Lipinski definition) is 1. The summed E-state index contributed by atoms with van der Waals surface area (Å²) in [6.07, 6.45) is 0. The molecule has 0 aromatic heterocycles. The molecule has 1 saturated heterocycles. The van der Waals surface area contributed by atoms with Crippen molar-refractivity contribution < 1.29 is 18.8 Å². The largest absolute Gasteiger partial charge is 0.378 e. The van der Waals surface area contributed by atoms with Crippen molar-refractivity contribution in [1.29, 1.82) is 0 Å². The number of nitro benzene ring substituents is 1. The maximum Gasteiger partial charge on any atom is 0.272 e. The van der Waals surface area contributed by atoms with E-state index in [2.05, 4.69) is 5.32 Å². The third kappa shape index (κ3) is 4.16. The number of amides is 1. The van der Waals surface area contributed by atoms with Gasteiger partial charge in [0.1, 0.15) is 6.04 Å². The van der Waals surface area contributed by atoms with Gasteiger partial charge in [0.25, 0.3) is 5.69 Å². The van der Waals surface area contributed by atoms with Gasteiger partial charge in [0.15, 0.2) is 5.82 Å². The molecule has 0 saturated carbocycles. The number of nitrogens with one attached hydrogen (secondary N) is 1. The Morgan fingerprint density at radius 1 is 1.39 bits per heavy atom. The van der Waals surface area contributed by atoms with Crippen LogP contribution in [0.3, 0.4) is 0 Å². The lowest BCUT2D eigenvalue weighted by molar-refractivity contribution is -0.385. The van der Waals surface area contributed by atoms with E-state index >= 15 is 0 Å². The second-order valence-corrected chi connectivity index (χ2v) is 5.72. The van der Waals surface area contributed by atoms with Crippen LogP contribution in [0, 0.1) is 21.8 Å². The van der Waals surface area contributed by atoms with E-state index in [9.17, 15) is 19.3 Å². The standard InChI is InChI=1S/C15H20FN3O4/c1-10(2)14(15(20)18-5-7-23-8-6-18)17-13-4-3-11(19(21)22)9-12(13)16/h3-4,9-10,14,17H,5-8H2,1-2H3. The number of ether oxygens (including phenoxy) is 1. The van der Waals surface area contributed by atoms with Gasteiger partial charge in [-0.3, -0.25) is 14.9 Å². The minimum atomic E-state index is -0.750. The van der Waals surface area contributed by atoms with Crippen LogP contribution in [0.4, 0.5) is 15.8 Å². The summed E-state index contributed by atoms with van der Waals surface area (Å²) in [6.45, 7) is 5.71. The van der Waals surface area contributed by atoms with Gasteiger partial charge in [-0.25, -0.2) is 4.39 Å². The molecule has 23 heavy (non-hydrogen) atoms. The van der Waals surface area contributed by atoms with Crippen LogP contribution in [0.15, 0.2) is 18.2 Å². The molecule has 126 valence electrons. The van der Waals surface area contributed by atoms with Gasteiger partial charge in [0.05, 0.1) is 29.9 Å². The first kappa shape index (κ1) is 17.1. The van der Waals surface area contributed by atoms with Crippen molar-refractivity contribution in [3.63, 3.8) is 0 Å². The fourth-order valence-electron chi connectivity index (χ4n) is 2.40. The normalized spacial score (nSPS) is 16.3. The second kappa shape index (κ2) is 7.36. The Labute approximate surface area is 133 Å². The molecule has 1 fully saturated rings. The zero-order valence-corrected chi connectivity index (χ0v) is 13.1. The van der Waals surface area contributed by atoms with Gasteiger partial charge in [0.2, 0.25) is 5.91 Å². The van der Waals surface area contributed by atoms with E-state index in [0.717, 1.165) is 6.07 Å². The van der Waals surface area contributed by atoms with Gasteiger partial charge in [0, 0.05) is 19.2 Å². The Morgan fingerprint density at radius 2 is 2.04 bits per heavy atom. The number of halogens is 1. The molecule has 0 spiro atoms. The molecule has 1 aliphatic rings. The van der Waals surface area contributed by atoms with Gasteiger partial charge in [-0.05, 0) is 12.0 Å². The van der Waals surface area contributed by atoms with Crippen LogP contribution in [-0.2, 0) is 9.53 Å². The molecule has 1 N–H and O–H groups in total. The molecule has 1 aliphatic heterocycles. The number of anilines is 1. The van der Waals surface area contributed by atoms with Crippen LogP contribution < -0.4 is 5.32 Å². The second-order valence-electron chi connectivity index (χ2n) is 5.72. The third-order valence-electron chi connectivity index (χ3n) is 3.73. The summed E-state index contributed by atoms with van der Waals surface area (Å²) < 4.78 is 19.3. The zero-order valence-electron chi connectivity index (χ0n) is 13.1. The fourth-order valence-corrected chi connectivity index (χ4v) is 2.40. The van der Waals surface area contributed by atoms with Crippen LogP contribution in [0.25, 0.3) is 0 Å². The lowest BCUT2D eigenvalue weighted by atomic mass is 10.0. The predicted octanol–water partition coefficient (Wildman–Crippen LogP) is 2.03. The number of benzene rings is 1. The minimum Gasteiger partial charge on any atom is -0.378 e. The Bertz CT molecular complexity index is 588. The molecule has 7 nitrogen and oxygen atoms in total. The Balaban J connectivity index is 2.16. The van der Waals surface area contributed by atoms with Crippen molar-refractivity contribution in [1.82, 2.24) is 4.90 Å². The van der Waals surface area contributed by atoms with E-state index in [1.54, 1.807) is 4.90 Å². The Kier molecular flexibility index (Phi) is 5.49. The van der Waals surface area contributed by atoms with Crippen molar-refractivity contribution in [3.8, 4) is 0 Å². The van der Waals surface area contributed by atoms with Crippen molar-refractivity contribution in [2.24, 2.45) is 5.92 Å². The van der Waals surface area contributed by atoms with Crippen molar-refractivity contribution in [3.05, 3.63) is 34.1 Å².